The van der Waals surface area contributed by atoms with Crippen molar-refractivity contribution in [3.8, 4) is 0 Å². The predicted molar refractivity (Wildman–Crippen MR) is 74.3 cm³/mol. The molecule has 0 spiro atoms. The number of halogens is 1. The van der Waals surface area contributed by atoms with Crippen LogP contribution in [0.5, 0.6) is 0 Å². The first-order valence-corrected chi connectivity index (χ1v) is 6.60. The van der Waals surface area contributed by atoms with Gasteiger partial charge in [0, 0.05) is 10.1 Å². The monoisotopic (exact) mass is 270 g/mol. The van der Waals surface area contributed by atoms with Gasteiger partial charge in [0.15, 0.2) is 0 Å². The largest absolute Gasteiger partial charge is 0.465 e. The smallest absolute Gasteiger partial charge is 0.349 e. The van der Waals surface area contributed by atoms with Crippen LogP contribution < -0.4 is 0 Å². The van der Waals surface area contributed by atoms with Crippen molar-refractivity contribution >= 4 is 39.0 Å². The van der Waals surface area contributed by atoms with Crippen molar-refractivity contribution in [2.24, 2.45) is 0 Å². The van der Waals surface area contributed by atoms with Gasteiger partial charge < -0.3 is 4.74 Å². The van der Waals surface area contributed by atoms with Crippen LogP contribution in [0.3, 0.4) is 0 Å². The highest BCUT2D eigenvalue weighted by Crippen LogP contribution is 2.36. The van der Waals surface area contributed by atoms with Crippen LogP contribution in [0.15, 0.2) is 18.2 Å². The van der Waals surface area contributed by atoms with E-state index in [1.54, 1.807) is 0 Å². The van der Waals surface area contributed by atoms with Crippen LogP contribution in [-0.4, -0.2) is 13.1 Å². The van der Waals surface area contributed by atoms with Gasteiger partial charge in [0.25, 0.3) is 0 Å². The first-order valence-electron chi connectivity index (χ1n) is 5.40. The molecule has 0 radical (unpaired) electrons. The lowest BCUT2D eigenvalue weighted by molar-refractivity contribution is 0.0606. The van der Waals surface area contributed by atoms with Gasteiger partial charge in [-0.3, -0.25) is 0 Å². The van der Waals surface area contributed by atoms with Crippen molar-refractivity contribution in [3.63, 3.8) is 0 Å². The molecule has 0 N–H and O–H groups in total. The lowest BCUT2D eigenvalue weighted by atomic mass is 10.2. The van der Waals surface area contributed by atoms with Crippen LogP contribution in [0.2, 0.25) is 5.02 Å². The van der Waals surface area contributed by atoms with E-state index in [2.05, 4.69) is 4.74 Å². The zero-order valence-corrected chi connectivity index (χ0v) is 11.9. The standard InChI is InChI=1S/C11H9ClO2S.C2H6/c1-6-3-4-7-8(5-6)15-10(9(7)12)11(13)14-2;1-2/h3-5H,1-2H3;1-2H3. The van der Waals surface area contributed by atoms with Crippen molar-refractivity contribution < 1.29 is 9.53 Å². The number of thiophene rings is 1. The fraction of sp³-hybridized carbons (Fsp3) is 0.308. The van der Waals surface area contributed by atoms with Gasteiger partial charge in [-0.2, -0.15) is 0 Å². The van der Waals surface area contributed by atoms with Gasteiger partial charge in [-0.05, 0) is 18.6 Å². The van der Waals surface area contributed by atoms with Gasteiger partial charge in [0.2, 0.25) is 0 Å². The summed E-state index contributed by atoms with van der Waals surface area (Å²) >= 11 is 7.46. The van der Waals surface area contributed by atoms with E-state index in [0.717, 1.165) is 15.6 Å². The Morgan fingerprint density at radius 1 is 1.35 bits per heavy atom. The van der Waals surface area contributed by atoms with Gasteiger partial charge >= 0.3 is 5.97 Å². The van der Waals surface area contributed by atoms with Gasteiger partial charge in [-0.25, -0.2) is 4.79 Å². The van der Waals surface area contributed by atoms with Crippen molar-refractivity contribution in [3.05, 3.63) is 33.7 Å². The van der Waals surface area contributed by atoms with Crippen LogP contribution in [-0.2, 0) is 4.74 Å². The molecule has 0 unspecified atom stereocenters. The molecule has 2 rings (SSSR count). The van der Waals surface area contributed by atoms with E-state index in [1.807, 2.05) is 39.0 Å². The topological polar surface area (TPSA) is 26.3 Å². The maximum absolute atomic E-state index is 11.4. The fourth-order valence-corrected chi connectivity index (χ4v) is 2.92. The molecule has 2 nitrogen and oxygen atoms in total. The van der Waals surface area contributed by atoms with E-state index < -0.39 is 0 Å². The van der Waals surface area contributed by atoms with E-state index in [-0.39, 0.29) is 5.97 Å². The van der Waals surface area contributed by atoms with E-state index in [0.29, 0.717) is 9.90 Å². The number of carbonyl (C=O) groups excluding carboxylic acids is 1. The molecule has 0 bridgehead atoms. The van der Waals surface area contributed by atoms with Crippen molar-refractivity contribution in [2.75, 3.05) is 7.11 Å². The van der Waals surface area contributed by atoms with Crippen molar-refractivity contribution in [1.82, 2.24) is 0 Å². The number of methoxy groups -OCH3 is 1. The third kappa shape index (κ3) is 2.79. The second-order valence-electron chi connectivity index (χ2n) is 3.24. The van der Waals surface area contributed by atoms with Crippen molar-refractivity contribution in [2.45, 2.75) is 20.8 Å². The fourth-order valence-electron chi connectivity index (χ4n) is 1.40. The zero-order valence-electron chi connectivity index (χ0n) is 10.3. The molecule has 92 valence electrons. The highest BCUT2D eigenvalue weighted by molar-refractivity contribution is 7.21. The normalized spacial score (nSPS) is 9.71. The van der Waals surface area contributed by atoms with Crippen LogP contribution in [0.1, 0.15) is 29.1 Å². The number of esters is 1. The third-order valence-corrected chi connectivity index (χ3v) is 3.79. The molecule has 2 aromatic rings. The lowest BCUT2D eigenvalue weighted by Gasteiger charge is -1.94. The molecule has 0 aliphatic carbocycles. The molecule has 1 aromatic heterocycles. The third-order valence-electron chi connectivity index (χ3n) is 2.16. The Morgan fingerprint density at radius 3 is 2.59 bits per heavy atom. The van der Waals surface area contributed by atoms with Crippen LogP contribution in [0.4, 0.5) is 0 Å². The molecule has 1 heterocycles. The number of ether oxygens (including phenoxy) is 1. The molecule has 0 fully saturated rings. The molecule has 4 heteroatoms. The Balaban J connectivity index is 0.000000686. The molecule has 17 heavy (non-hydrogen) atoms. The highest BCUT2D eigenvalue weighted by atomic mass is 35.5. The minimum absolute atomic E-state index is 0.376. The molecule has 0 saturated carbocycles. The molecule has 0 aliphatic rings. The van der Waals surface area contributed by atoms with E-state index in [9.17, 15) is 4.79 Å². The number of rotatable bonds is 1. The minimum atomic E-state index is -0.376. The Kier molecular flexibility index (Phi) is 4.97. The lowest BCUT2D eigenvalue weighted by Crippen LogP contribution is -1.97. The first kappa shape index (κ1) is 14.0. The maximum Gasteiger partial charge on any atom is 0.349 e. The molecule has 0 atom stereocenters. The summed E-state index contributed by atoms with van der Waals surface area (Å²) < 4.78 is 5.68. The quantitative estimate of drug-likeness (QED) is 0.704. The van der Waals surface area contributed by atoms with Gasteiger partial charge in [-0.15, -0.1) is 11.3 Å². The summed E-state index contributed by atoms with van der Waals surface area (Å²) in [6, 6.07) is 5.91. The molecule has 0 saturated heterocycles. The second-order valence-corrected chi connectivity index (χ2v) is 4.67. The maximum atomic E-state index is 11.4. The predicted octanol–water partition coefficient (Wildman–Crippen LogP) is 4.68. The average Bonchev–Trinajstić information content (AvgIpc) is 2.68. The number of fused-ring (bicyclic) bond motifs is 1. The summed E-state index contributed by atoms with van der Waals surface area (Å²) in [6.07, 6.45) is 0. The van der Waals surface area contributed by atoms with E-state index in [4.69, 9.17) is 11.6 Å². The number of hydrogen-bond donors (Lipinski definition) is 0. The Bertz CT molecular complexity index is 531. The average molecular weight is 271 g/mol. The Hall–Kier alpha value is -1.06. The van der Waals surface area contributed by atoms with Crippen molar-refractivity contribution in [1.29, 1.82) is 0 Å². The summed E-state index contributed by atoms with van der Waals surface area (Å²) in [7, 11) is 1.36. The molecular weight excluding hydrogens is 256 g/mol. The molecule has 0 aliphatic heterocycles. The van der Waals surface area contributed by atoms with Crippen LogP contribution in [0.25, 0.3) is 10.1 Å². The molecule has 1 aromatic carbocycles. The summed E-state index contributed by atoms with van der Waals surface area (Å²) in [5.41, 5.74) is 1.15. The van der Waals surface area contributed by atoms with Gasteiger partial charge in [0.05, 0.1) is 12.1 Å². The number of hydrogen-bond acceptors (Lipinski definition) is 3. The SMILES string of the molecule is CC.COC(=O)c1sc2cc(C)ccc2c1Cl. The number of benzene rings is 1. The molecule has 0 amide bonds. The van der Waals surface area contributed by atoms with Crippen LogP contribution in [0, 0.1) is 6.92 Å². The number of carbonyl (C=O) groups is 1. The zero-order chi connectivity index (χ0) is 13.0. The summed E-state index contributed by atoms with van der Waals surface area (Å²) in [5, 5.41) is 1.40. The summed E-state index contributed by atoms with van der Waals surface area (Å²) in [4.78, 5) is 11.9. The Labute approximate surface area is 110 Å². The number of aryl methyl sites for hydroxylation is 1. The minimum Gasteiger partial charge on any atom is -0.465 e. The van der Waals surface area contributed by atoms with Gasteiger partial charge in [-0.1, -0.05) is 37.6 Å². The summed E-state index contributed by atoms with van der Waals surface area (Å²) in [5.74, 6) is -0.376. The second kappa shape index (κ2) is 6.03. The summed E-state index contributed by atoms with van der Waals surface area (Å²) in [6.45, 7) is 6.00. The Morgan fingerprint density at radius 2 is 2.00 bits per heavy atom. The van der Waals surface area contributed by atoms with E-state index >= 15 is 0 Å². The highest BCUT2D eigenvalue weighted by Gasteiger charge is 2.17. The first-order chi connectivity index (χ1) is 8.13. The van der Waals surface area contributed by atoms with E-state index in [1.165, 1.54) is 18.4 Å². The molecular formula is C13H15ClO2S. The van der Waals surface area contributed by atoms with Crippen LogP contribution >= 0.6 is 22.9 Å². The van der Waals surface area contributed by atoms with Gasteiger partial charge in [0.1, 0.15) is 4.88 Å².